The number of halogens is 3. The number of ether oxygens (including phenoxy) is 1. The number of aryl methyl sites for hydroxylation is 2. The van der Waals surface area contributed by atoms with Crippen molar-refractivity contribution in [2.75, 3.05) is 26.3 Å². The number of nitrogens with two attached hydrogens (primary N) is 1. The summed E-state index contributed by atoms with van der Waals surface area (Å²) in [6.07, 6.45) is 3.32. The van der Waals surface area contributed by atoms with Crippen molar-refractivity contribution in [1.82, 2.24) is 19.8 Å². The Morgan fingerprint density at radius 2 is 1.83 bits per heavy atom. The number of amides is 1. The van der Waals surface area contributed by atoms with Crippen molar-refractivity contribution in [3.8, 4) is 5.75 Å². The van der Waals surface area contributed by atoms with Crippen molar-refractivity contribution in [3.05, 3.63) is 57.5 Å². The van der Waals surface area contributed by atoms with Crippen molar-refractivity contribution < 1.29 is 18.3 Å². The maximum absolute atomic E-state index is 14.2. The molecule has 10 heteroatoms. The van der Waals surface area contributed by atoms with Crippen LogP contribution in [0.1, 0.15) is 53.3 Å². The van der Waals surface area contributed by atoms with Gasteiger partial charge < -0.3 is 15.4 Å². The van der Waals surface area contributed by atoms with Gasteiger partial charge in [0.1, 0.15) is 24.3 Å². The zero-order valence-corrected chi connectivity index (χ0v) is 21.2. The fourth-order valence-corrected chi connectivity index (χ4v) is 5.83. The number of carbonyl (C=O) groups is 1. The third-order valence-corrected chi connectivity index (χ3v) is 8.04. The van der Waals surface area contributed by atoms with Crippen LogP contribution in [0.15, 0.2) is 23.9 Å². The van der Waals surface area contributed by atoms with E-state index in [2.05, 4.69) is 14.9 Å². The minimum Gasteiger partial charge on any atom is -0.489 e. The summed E-state index contributed by atoms with van der Waals surface area (Å²) in [6, 6.07) is 4.51. The Balaban J connectivity index is 1.33. The second-order valence-electron chi connectivity index (χ2n) is 9.86. The van der Waals surface area contributed by atoms with E-state index in [0.29, 0.717) is 40.0 Å². The lowest BCUT2D eigenvalue weighted by atomic mass is 9.99. The molecule has 2 bridgehead atoms. The first-order valence-corrected chi connectivity index (χ1v) is 12.7. The predicted molar refractivity (Wildman–Crippen MR) is 133 cm³/mol. The Kier molecular flexibility index (Phi) is 6.87. The average molecular weight is 518 g/mol. The smallest absolute Gasteiger partial charge is 0.258 e. The fourth-order valence-electron chi connectivity index (χ4n) is 5.75. The van der Waals surface area contributed by atoms with Crippen LogP contribution in [0.5, 0.6) is 5.75 Å². The largest absolute Gasteiger partial charge is 0.489 e. The Morgan fingerprint density at radius 1 is 1.17 bits per heavy atom. The lowest BCUT2D eigenvalue weighted by Crippen LogP contribution is -2.47. The maximum Gasteiger partial charge on any atom is 0.258 e. The number of benzene rings is 1. The predicted octanol–water partition coefficient (Wildman–Crippen LogP) is 4.06. The summed E-state index contributed by atoms with van der Waals surface area (Å²) in [7, 11) is 0. The van der Waals surface area contributed by atoms with Crippen LogP contribution in [0.3, 0.4) is 0 Å². The van der Waals surface area contributed by atoms with Crippen LogP contribution < -0.4 is 10.5 Å². The summed E-state index contributed by atoms with van der Waals surface area (Å²) in [5.41, 5.74) is 9.04. The highest BCUT2D eigenvalue weighted by molar-refractivity contribution is 6.31. The van der Waals surface area contributed by atoms with Crippen molar-refractivity contribution in [2.24, 2.45) is 5.73 Å². The van der Waals surface area contributed by atoms with E-state index < -0.39 is 5.82 Å². The van der Waals surface area contributed by atoms with Crippen LogP contribution in [-0.4, -0.2) is 70.2 Å². The molecule has 36 heavy (non-hydrogen) atoms. The average Bonchev–Trinajstić information content (AvgIpc) is 3.33. The van der Waals surface area contributed by atoms with E-state index in [9.17, 15) is 13.6 Å². The number of hydrogen-bond acceptors (Lipinski definition) is 6. The number of carbonyl (C=O) groups excluding carboxylic acids is 1. The summed E-state index contributed by atoms with van der Waals surface area (Å²) in [5.74, 6) is -0.0964. The Bertz CT molecular complexity index is 1190. The van der Waals surface area contributed by atoms with Gasteiger partial charge in [0.25, 0.3) is 5.91 Å². The van der Waals surface area contributed by atoms with Gasteiger partial charge in [-0.1, -0.05) is 11.6 Å². The third kappa shape index (κ3) is 4.66. The molecule has 2 saturated heterocycles. The van der Waals surface area contributed by atoms with Gasteiger partial charge in [0.05, 0.1) is 35.1 Å². The molecule has 4 heterocycles. The lowest BCUT2D eigenvalue weighted by molar-refractivity contribution is 0.0447. The maximum atomic E-state index is 14.2. The second-order valence-corrected chi connectivity index (χ2v) is 10.2. The van der Waals surface area contributed by atoms with Gasteiger partial charge in [0.15, 0.2) is 5.82 Å². The van der Waals surface area contributed by atoms with Gasteiger partial charge in [-0.05, 0) is 51.7 Å². The Morgan fingerprint density at radius 3 is 2.47 bits per heavy atom. The van der Waals surface area contributed by atoms with Crippen LogP contribution in [-0.2, 0) is 0 Å². The molecule has 3 aliphatic heterocycles. The molecule has 0 spiro atoms. The molecule has 1 unspecified atom stereocenters. The topological polar surface area (TPSA) is 84.6 Å². The van der Waals surface area contributed by atoms with E-state index in [4.69, 9.17) is 22.1 Å². The van der Waals surface area contributed by atoms with Crippen LogP contribution in [0.2, 0.25) is 5.02 Å². The molecule has 1 aromatic carbocycles. The summed E-state index contributed by atoms with van der Waals surface area (Å²) in [4.78, 5) is 26.3. The van der Waals surface area contributed by atoms with Gasteiger partial charge in [-0.3, -0.25) is 9.69 Å². The Labute approximate surface area is 214 Å². The van der Waals surface area contributed by atoms with Crippen LogP contribution in [0, 0.1) is 19.7 Å². The minimum atomic E-state index is -0.473. The molecule has 2 fully saturated rings. The molecule has 0 radical (unpaired) electrons. The van der Waals surface area contributed by atoms with E-state index in [1.165, 1.54) is 18.2 Å². The van der Waals surface area contributed by atoms with Gasteiger partial charge in [0, 0.05) is 36.0 Å². The normalized spacial score (nSPS) is 24.0. The standard InChI is InChI=1S/C26H30ClF2N5O2/c1-14-24(27)15(2)32-25(31-14)21-12-33(13-22(21)30)26(35)20-6-3-16(29)9-23(20)36-19-10-17-4-5-18(11-19)34(17)8-7-28/h3,6,9,17-19H,4-5,7-8,10-13,30H2,1-2H3/t17-,18+,19?. The van der Waals surface area contributed by atoms with E-state index >= 15 is 0 Å². The van der Waals surface area contributed by atoms with Crippen molar-refractivity contribution in [3.63, 3.8) is 0 Å². The lowest BCUT2D eigenvalue weighted by Gasteiger charge is -2.38. The summed E-state index contributed by atoms with van der Waals surface area (Å²) in [6.45, 7) is 4.11. The third-order valence-electron chi connectivity index (χ3n) is 7.49. The second kappa shape index (κ2) is 9.94. The van der Waals surface area contributed by atoms with Gasteiger partial charge in [-0.25, -0.2) is 18.7 Å². The number of rotatable bonds is 6. The molecule has 2 N–H and O–H groups in total. The molecule has 7 nitrogen and oxygen atoms in total. The first-order valence-electron chi connectivity index (χ1n) is 12.3. The molecule has 192 valence electrons. The molecule has 0 aliphatic carbocycles. The fraction of sp³-hybridized carbons (Fsp3) is 0.500. The first kappa shape index (κ1) is 24.9. The molecule has 1 aromatic heterocycles. The van der Waals surface area contributed by atoms with Crippen molar-refractivity contribution in [1.29, 1.82) is 0 Å². The van der Waals surface area contributed by atoms with Gasteiger partial charge in [-0.15, -0.1) is 0 Å². The van der Waals surface area contributed by atoms with Gasteiger partial charge >= 0.3 is 0 Å². The number of hydrogen-bond donors (Lipinski definition) is 1. The van der Waals surface area contributed by atoms with Crippen molar-refractivity contribution >= 4 is 23.1 Å². The summed E-state index contributed by atoms with van der Waals surface area (Å²) in [5, 5.41) is 0.501. The molecular weight excluding hydrogens is 488 g/mol. The van der Waals surface area contributed by atoms with Gasteiger partial charge in [0.2, 0.25) is 0 Å². The summed E-state index contributed by atoms with van der Waals surface area (Å²) >= 11 is 6.21. The van der Waals surface area contributed by atoms with Crippen LogP contribution in [0.25, 0.3) is 5.57 Å². The van der Waals surface area contributed by atoms with E-state index in [-0.39, 0.29) is 55.2 Å². The zero-order valence-electron chi connectivity index (χ0n) is 20.4. The van der Waals surface area contributed by atoms with Gasteiger partial charge in [-0.2, -0.15) is 0 Å². The molecule has 3 aliphatic rings. The molecule has 3 atom stereocenters. The van der Waals surface area contributed by atoms with Crippen molar-refractivity contribution in [2.45, 2.75) is 57.7 Å². The number of piperidine rings is 1. The van der Waals surface area contributed by atoms with Crippen LogP contribution >= 0.6 is 11.6 Å². The number of fused-ring (bicyclic) bond motifs is 2. The van der Waals surface area contributed by atoms with E-state index in [0.717, 1.165) is 25.7 Å². The Hall–Kier alpha value is -2.78. The number of alkyl halides is 1. The molecule has 1 amide bonds. The minimum absolute atomic E-state index is 0.155. The van der Waals surface area contributed by atoms with Crippen LogP contribution in [0.4, 0.5) is 8.78 Å². The molecule has 5 rings (SSSR count). The monoisotopic (exact) mass is 517 g/mol. The first-order chi connectivity index (χ1) is 17.2. The zero-order chi connectivity index (χ0) is 25.6. The number of aromatic nitrogens is 2. The highest BCUT2D eigenvalue weighted by Crippen LogP contribution is 2.38. The molecule has 0 saturated carbocycles. The molecular formula is C26H30ClF2N5O2. The highest BCUT2D eigenvalue weighted by Gasteiger charge is 2.41. The SMILES string of the molecule is Cc1nc(C2=C(N)CN(C(=O)c3ccc(F)cc3OC3C[C@H]4CC[C@@H](C3)N4CCF)C2)nc(C)c1Cl. The molecule has 2 aromatic rings. The van der Waals surface area contributed by atoms with E-state index in [1.807, 2.05) is 0 Å². The summed E-state index contributed by atoms with van der Waals surface area (Å²) < 4.78 is 33.4. The highest BCUT2D eigenvalue weighted by atomic mass is 35.5. The number of nitrogens with zero attached hydrogens (tertiary/aromatic N) is 4. The van der Waals surface area contributed by atoms with E-state index in [1.54, 1.807) is 18.7 Å². The quantitative estimate of drug-likeness (QED) is 0.622.